The number of aromatic amines is 1. The molecule has 0 spiro atoms. The molecule has 1 heterocycles. The molecule has 0 radical (unpaired) electrons. The van der Waals surface area contributed by atoms with E-state index in [0.717, 1.165) is 17.5 Å². The third kappa shape index (κ3) is 6.23. The SMILES string of the molecule is CC.CNC(=O)c1ccc2c(c1)Cc1cc(C(=O)NC)ccc1C2CC(C)N.Nn1cn[nH]1. The van der Waals surface area contributed by atoms with Crippen LogP contribution in [0.25, 0.3) is 0 Å². The minimum absolute atomic E-state index is 0.0519. The summed E-state index contributed by atoms with van der Waals surface area (Å²) in [6, 6.07) is 11.8. The minimum atomic E-state index is -0.0959. The molecule has 0 aliphatic heterocycles. The maximum absolute atomic E-state index is 12.0. The first-order valence-electron chi connectivity index (χ1n) is 11.1. The minimum Gasteiger partial charge on any atom is -0.355 e. The van der Waals surface area contributed by atoms with Crippen LogP contribution >= 0.6 is 0 Å². The molecular formula is C24H35N7O2. The van der Waals surface area contributed by atoms with E-state index in [-0.39, 0.29) is 23.8 Å². The molecule has 4 rings (SSSR count). The van der Waals surface area contributed by atoms with Crippen molar-refractivity contribution >= 4 is 11.8 Å². The van der Waals surface area contributed by atoms with Gasteiger partial charge >= 0.3 is 0 Å². The van der Waals surface area contributed by atoms with Crippen LogP contribution in [-0.4, -0.2) is 47.1 Å². The van der Waals surface area contributed by atoms with Gasteiger partial charge in [0, 0.05) is 37.2 Å². The molecule has 2 aromatic carbocycles. The third-order valence-corrected chi connectivity index (χ3v) is 5.36. The van der Waals surface area contributed by atoms with Crippen molar-refractivity contribution in [1.82, 2.24) is 25.7 Å². The molecule has 1 aliphatic carbocycles. The number of carbonyl (C=O) groups is 2. The van der Waals surface area contributed by atoms with Crippen LogP contribution in [0.3, 0.4) is 0 Å². The second-order valence-corrected chi connectivity index (χ2v) is 7.68. The van der Waals surface area contributed by atoms with Crippen molar-refractivity contribution in [2.24, 2.45) is 5.73 Å². The van der Waals surface area contributed by atoms with E-state index in [1.165, 1.54) is 22.2 Å². The Morgan fingerprint density at radius 2 is 1.48 bits per heavy atom. The lowest BCUT2D eigenvalue weighted by Crippen LogP contribution is -2.25. The van der Waals surface area contributed by atoms with Gasteiger partial charge < -0.3 is 22.2 Å². The number of fused-ring (bicyclic) bond motifs is 2. The highest BCUT2D eigenvalue weighted by molar-refractivity contribution is 5.95. The van der Waals surface area contributed by atoms with E-state index in [4.69, 9.17) is 11.6 Å². The van der Waals surface area contributed by atoms with Gasteiger partial charge in [-0.3, -0.25) is 9.59 Å². The molecule has 1 atom stereocenters. The zero-order chi connectivity index (χ0) is 24.5. The molecule has 178 valence electrons. The molecule has 7 N–H and O–H groups in total. The Balaban J connectivity index is 0.000000477. The summed E-state index contributed by atoms with van der Waals surface area (Å²) in [5.74, 6) is 4.93. The van der Waals surface area contributed by atoms with Crippen LogP contribution in [-0.2, 0) is 6.42 Å². The van der Waals surface area contributed by atoms with Crippen LogP contribution in [0.15, 0.2) is 42.7 Å². The van der Waals surface area contributed by atoms with Crippen LogP contribution in [0.4, 0.5) is 0 Å². The van der Waals surface area contributed by atoms with Crippen LogP contribution < -0.4 is 22.2 Å². The number of rotatable bonds is 4. The normalized spacial score (nSPS) is 12.7. The molecule has 0 fully saturated rings. The van der Waals surface area contributed by atoms with E-state index in [2.05, 4.69) is 20.9 Å². The summed E-state index contributed by atoms with van der Waals surface area (Å²) in [6.07, 6.45) is 2.99. The number of hydrogen-bond donors (Lipinski definition) is 5. The van der Waals surface area contributed by atoms with E-state index >= 15 is 0 Å². The number of hydrogen-bond acceptors (Lipinski definition) is 5. The van der Waals surface area contributed by atoms with Crippen molar-refractivity contribution in [3.8, 4) is 0 Å². The fourth-order valence-corrected chi connectivity index (χ4v) is 3.89. The highest BCUT2D eigenvalue weighted by atomic mass is 16.2. The summed E-state index contributed by atoms with van der Waals surface area (Å²) in [4.78, 5) is 25.3. The predicted molar refractivity (Wildman–Crippen MR) is 131 cm³/mol. The molecular weight excluding hydrogens is 418 g/mol. The number of amides is 2. The average Bonchev–Trinajstić information content (AvgIpc) is 2.82. The van der Waals surface area contributed by atoms with Gasteiger partial charge in [-0.15, -0.1) is 5.10 Å². The van der Waals surface area contributed by atoms with Gasteiger partial charge in [0.05, 0.1) is 0 Å². The number of nitrogen functional groups attached to an aromatic ring is 1. The van der Waals surface area contributed by atoms with Crippen LogP contribution in [0, 0.1) is 0 Å². The Labute approximate surface area is 194 Å². The maximum Gasteiger partial charge on any atom is 0.251 e. The van der Waals surface area contributed by atoms with Crippen molar-refractivity contribution in [3.05, 3.63) is 76.1 Å². The Hall–Kier alpha value is -3.59. The van der Waals surface area contributed by atoms with Crippen molar-refractivity contribution in [3.63, 3.8) is 0 Å². The number of nitrogens with one attached hydrogen (secondary N) is 3. The Morgan fingerprint density at radius 1 is 1.06 bits per heavy atom. The molecule has 3 aromatic rings. The number of carbonyl (C=O) groups excluding carboxylic acids is 2. The Kier molecular flexibility index (Phi) is 9.23. The lowest BCUT2D eigenvalue weighted by Gasteiger charge is -2.30. The van der Waals surface area contributed by atoms with Gasteiger partial charge in [-0.2, -0.15) is 10.0 Å². The summed E-state index contributed by atoms with van der Waals surface area (Å²) in [5.41, 5.74) is 12.1. The van der Waals surface area contributed by atoms with Crippen molar-refractivity contribution in [2.45, 2.75) is 45.6 Å². The lowest BCUT2D eigenvalue weighted by molar-refractivity contribution is 0.0955. The molecule has 33 heavy (non-hydrogen) atoms. The summed E-state index contributed by atoms with van der Waals surface area (Å²) in [7, 11) is 3.26. The van der Waals surface area contributed by atoms with E-state index in [1.807, 2.05) is 57.2 Å². The van der Waals surface area contributed by atoms with E-state index in [1.54, 1.807) is 14.1 Å². The monoisotopic (exact) mass is 453 g/mol. The smallest absolute Gasteiger partial charge is 0.251 e. The molecule has 1 unspecified atom stereocenters. The number of nitrogens with two attached hydrogens (primary N) is 2. The van der Waals surface area contributed by atoms with Crippen molar-refractivity contribution in [2.75, 3.05) is 19.9 Å². The Bertz CT molecular complexity index is 994. The number of aromatic nitrogens is 3. The quantitative estimate of drug-likeness (QED) is 0.384. The zero-order valence-corrected chi connectivity index (χ0v) is 20.0. The van der Waals surface area contributed by atoms with E-state index in [9.17, 15) is 9.59 Å². The summed E-state index contributed by atoms with van der Waals surface area (Å²) < 4.78 is 0. The van der Waals surface area contributed by atoms with Crippen LogP contribution in [0.1, 0.15) is 76.1 Å². The van der Waals surface area contributed by atoms with Gasteiger partial charge in [-0.05, 0) is 66.3 Å². The highest BCUT2D eigenvalue weighted by Crippen LogP contribution is 2.40. The lowest BCUT2D eigenvalue weighted by atomic mass is 9.74. The van der Waals surface area contributed by atoms with Gasteiger partial charge in [0.2, 0.25) is 0 Å². The fourth-order valence-electron chi connectivity index (χ4n) is 3.89. The highest BCUT2D eigenvalue weighted by Gasteiger charge is 2.27. The zero-order valence-electron chi connectivity index (χ0n) is 20.0. The van der Waals surface area contributed by atoms with Crippen LogP contribution in [0.2, 0.25) is 0 Å². The first kappa shape index (κ1) is 25.7. The third-order valence-electron chi connectivity index (χ3n) is 5.36. The number of benzene rings is 2. The molecule has 1 aromatic heterocycles. The average molecular weight is 454 g/mol. The topological polar surface area (TPSA) is 144 Å². The van der Waals surface area contributed by atoms with Crippen molar-refractivity contribution in [1.29, 1.82) is 0 Å². The molecule has 0 bridgehead atoms. The van der Waals surface area contributed by atoms with Gasteiger partial charge in [0.25, 0.3) is 11.8 Å². The molecule has 9 nitrogen and oxygen atoms in total. The van der Waals surface area contributed by atoms with E-state index in [0.29, 0.717) is 17.5 Å². The van der Waals surface area contributed by atoms with Gasteiger partial charge in [-0.1, -0.05) is 26.0 Å². The summed E-state index contributed by atoms with van der Waals surface area (Å²) in [5, 5.41) is 11.2. The standard InChI is InChI=1S/C21H25N3O2.C2H6.CH4N4/c1-12(22)8-19-17-6-4-13(20(25)23-2)9-15(17)11-16-10-14(21(26)24-3)5-7-18(16)19;1-2;2-5-1-3-4-5/h4-7,9-10,12,19H,8,11,22H2,1-3H3,(H,23,25)(H,24,26);1-2H3;1,4H,2H2. The second kappa shape index (κ2) is 11.9. The summed E-state index contributed by atoms with van der Waals surface area (Å²) >= 11 is 0. The molecule has 1 aliphatic rings. The number of H-pyrrole nitrogens is 1. The molecule has 2 amide bonds. The predicted octanol–water partition coefficient (Wildman–Crippen LogP) is 2.13. The van der Waals surface area contributed by atoms with Gasteiger partial charge in [-0.25, -0.2) is 0 Å². The van der Waals surface area contributed by atoms with Gasteiger partial charge in [0.1, 0.15) is 0 Å². The second-order valence-electron chi connectivity index (χ2n) is 7.68. The first-order valence-corrected chi connectivity index (χ1v) is 11.1. The molecule has 9 heteroatoms. The number of nitrogens with zero attached hydrogens (tertiary/aromatic N) is 2. The summed E-state index contributed by atoms with van der Waals surface area (Å²) in [6.45, 7) is 6.01. The first-order chi connectivity index (χ1) is 15.8. The molecule has 0 saturated carbocycles. The molecule has 0 saturated heterocycles. The Morgan fingerprint density at radius 3 is 1.79 bits per heavy atom. The van der Waals surface area contributed by atoms with Crippen LogP contribution in [0.5, 0.6) is 0 Å². The van der Waals surface area contributed by atoms with Crippen molar-refractivity contribution < 1.29 is 9.59 Å². The largest absolute Gasteiger partial charge is 0.355 e. The maximum atomic E-state index is 12.0. The van der Waals surface area contributed by atoms with E-state index < -0.39 is 0 Å². The fraction of sp³-hybridized carbons (Fsp3) is 0.375. The van der Waals surface area contributed by atoms with Gasteiger partial charge in [0.15, 0.2) is 6.33 Å².